The predicted octanol–water partition coefficient (Wildman–Crippen LogP) is 3.35. The van der Waals surface area contributed by atoms with Gasteiger partial charge in [0.15, 0.2) is 0 Å². The van der Waals surface area contributed by atoms with E-state index in [0.29, 0.717) is 6.42 Å². The van der Waals surface area contributed by atoms with Crippen LogP contribution in [0.2, 0.25) is 0 Å². The molecule has 0 fully saturated rings. The lowest BCUT2D eigenvalue weighted by atomic mass is 10.1. The first kappa shape index (κ1) is 13.5. The van der Waals surface area contributed by atoms with E-state index in [4.69, 9.17) is 0 Å². The first-order valence-corrected chi connectivity index (χ1v) is 6.81. The lowest BCUT2D eigenvalue weighted by Crippen LogP contribution is -2.24. The van der Waals surface area contributed by atoms with Crippen molar-refractivity contribution >= 4 is 22.9 Å². The molecule has 0 radical (unpaired) electrons. The Morgan fingerprint density at radius 1 is 1.32 bits per heavy atom. The average molecular weight is 256 g/mol. The summed E-state index contributed by atoms with van der Waals surface area (Å²) in [6.07, 6.45) is 2.51. The summed E-state index contributed by atoms with van der Waals surface area (Å²) in [5, 5.41) is 1.18. The van der Waals surface area contributed by atoms with Crippen LogP contribution in [0, 0.1) is 6.92 Å². The van der Waals surface area contributed by atoms with E-state index >= 15 is 0 Å². The Balaban J connectivity index is 2.38. The molecule has 0 saturated heterocycles. The fourth-order valence-corrected chi connectivity index (χ4v) is 2.36. The van der Waals surface area contributed by atoms with Gasteiger partial charge in [-0.3, -0.25) is 4.98 Å². The summed E-state index contributed by atoms with van der Waals surface area (Å²) in [4.78, 5) is 17.3. The first-order chi connectivity index (χ1) is 9.26. The number of carbonyl (C=O) groups excluding carboxylic acids is 1. The van der Waals surface area contributed by atoms with E-state index < -0.39 is 0 Å². The van der Waals surface area contributed by atoms with Crippen LogP contribution in [0.1, 0.15) is 25.5 Å². The first-order valence-electron chi connectivity index (χ1n) is 6.81. The maximum Gasteiger partial charge on any atom is 0.120 e. The monoisotopic (exact) mass is 256 g/mol. The van der Waals surface area contributed by atoms with Crippen molar-refractivity contribution in [3.8, 4) is 0 Å². The van der Waals surface area contributed by atoms with Crippen LogP contribution in [-0.4, -0.2) is 24.4 Å². The van der Waals surface area contributed by atoms with Gasteiger partial charge in [0.1, 0.15) is 6.29 Å². The molecular weight excluding hydrogens is 236 g/mol. The third-order valence-corrected chi connectivity index (χ3v) is 3.29. The second kappa shape index (κ2) is 6.32. The highest BCUT2D eigenvalue weighted by molar-refractivity contribution is 5.91. The number of rotatable bonds is 6. The molecule has 1 aromatic carbocycles. The number of para-hydroxylation sites is 1. The summed E-state index contributed by atoms with van der Waals surface area (Å²) in [7, 11) is 0. The minimum atomic E-state index is 0.624. The standard InChI is InChI=1S/C16H20N2O/c1-3-18(10-6-7-11-19)16-12-13(2)17-15-9-5-4-8-14(15)16/h4-5,8-9,11-12H,3,6-7,10H2,1-2H3. The number of carbonyl (C=O) groups is 1. The van der Waals surface area contributed by atoms with Gasteiger partial charge in [0.05, 0.1) is 5.52 Å². The number of fused-ring (bicyclic) bond motifs is 1. The van der Waals surface area contributed by atoms with E-state index in [-0.39, 0.29) is 0 Å². The highest BCUT2D eigenvalue weighted by atomic mass is 16.1. The molecule has 0 spiro atoms. The SMILES string of the molecule is CCN(CCCC=O)c1cc(C)nc2ccccc12. The lowest BCUT2D eigenvalue weighted by molar-refractivity contribution is -0.107. The van der Waals surface area contributed by atoms with Crippen LogP contribution in [0.4, 0.5) is 5.69 Å². The van der Waals surface area contributed by atoms with Crippen molar-refractivity contribution in [3.05, 3.63) is 36.0 Å². The van der Waals surface area contributed by atoms with Gasteiger partial charge in [0.2, 0.25) is 0 Å². The fraction of sp³-hybridized carbons (Fsp3) is 0.375. The Morgan fingerprint density at radius 3 is 2.84 bits per heavy atom. The zero-order valence-corrected chi connectivity index (χ0v) is 11.6. The highest BCUT2D eigenvalue weighted by Gasteiger charge is 2.09. The molecule has 0 bridgehead atoms. The number of aryl methyl sites for hydroxylation is 1. The fourth-order valence-electron chi connectivity index (χ4n) is 2.36. The highest BCUT2D eigenvalue weighted by Crippen LogP contribution is 2.26. The van der Waals surface area contributed by atoms with Crippen molar-refractivity contribution in [2.24, 2.45) is 0 Å². The van der Waals surface area contributed by atoms with Gasteiger partial charge >= 0.3 is 0 Å². The molecule has 0 saturated carbocycles. The third-order valence-electron chi connectivity index (χ3n) is 3.29. The second-order valence-corrected chi connectivity index (χ2v) is 4.69. The molecule has 0 atom stereocenters. The summed E-state index contributed by atoms with van der Waals surface area (Å²) < 4.78 is 0. The van der Waals surface area contributed by atoms with Crippen molar-refractivity contribution < 1.29 is 4.79 Å². The van der Waals surface area contributed by atoms with Crippen molar-refractivity contribution in [2.75, 3.05) is 18.0 Å². The molecule has 2 aromatic rings. The number of hydrogen-bond acceptors (Lipinski definition) is 3. The number of benzene rings is 1. The molecule has 0 N–H and O–H groups in total. The number of nitrogens with zero attached hydrogens (tertiary/aromatic N) is 2. The molecule has 3 heteroatoms. The van der Waals surface area contributed by atoms with Gasteiger partial charge < -0.3 is 9.69 Å². The van der Waals surface area contributed by atoms with Crippen molar-refractivity contribution in [1.82, 2.24) is 4.98 Å². The van der Waals surface area contributed by atoms with E-state index in [2.05, 4.69) is 28.9 Å². The van der Waals surface area contributed by atoms with Crippen molar-refractivity contribution in [3.63, 3.8) is 0 Å². The van der Waals surface area contributed by atoms with Crippen LogP contribution in [0.3, 0.4) is 0 Å². The zero-order valence-electron chi connectivity index (χ0n) is 11.6. The van der Waals surface area contributed by atoms with Gasteiger partial charge in [-0.25, -0.2) is 0 Å². The normalized spacial score (nSPS) is 10.6. The van der Waals surface area contributed by atoms with Crippen molar-refractivity contribution in [1.29, 1.82) is 0 Å². The molecule has 2 rings (SSSR count). The Labute approximate surface area is 114 Å². The van der Waals surface area contributed by atoms with Gasteiger partial charge in [-0.15, -0.1) is 0 Å². The summed E-state index contributed by atoms with van der Waals surface area (Å²) in [6.45, 7) is 6.01. The van der Waals surface area contributed by atoms with E-state index in [1.54, 1.807) is 0 Å². The molecule has 1 heterocycles. The third kappa shape index (κ3) is 3.11. The Hall–Kier alpha value is -1.90. The summed E-state index contributed by atoms with van der Waals surface area (Å²) in [6, 6.07) is 10.3. The largest absolute Gasteiger partial charge is 0.371 e. The van der Waals surface area contributed by atoms with E-state index in [1.807, 2.05) is 25.1 Å². The molecule has 100 valence electrons. The molecule has 0 amide bonds. The summed E-state index contributed by atoms with van der Waals surface area (Å²) in [5.74, 6) is 0. The predicted molar refractivity (Wildman–Crippen MR) is 79.7 cm³/mol. The molecule has 3 nitrogen and oxygen atoms in total. The van der Waals surface area contributed by atoms with Gasteiger partial charge in [-0.2, -0.15) is 0 Å². The molecule has 0 aliphatic carbocycles. The molecule has 0 unspecified atom stereocenters. The maximum atomic E-state index is 10.4. The van der Waals surface area contributed by atoms with E-state index in [9.17, 15) is 4.79 Å². The van der Waals surface area contributed by atoms with Crippen LogP contribution < -0.4 is 4.90 Å². The zero-order chi connectivity index (χ0) is 13.7. The Kier molecular flexibility index (Phi) is 4.50. The average Bonchev–Trinajstić information content (AvgIpc) is 2.43. The minimum absolute atomic E-state index is 0.624. The van der Waals surface area contributed by atoms with Gasteiger partial charge in [-0.1, -0.05) is 18.2 Å². The molecule has 19 heavy (non-hydrogen) atoms. The number of anilines is 1. The maximum absolute atomic E-state index is 10.4. The molecular formula is C16H20N2O. The van der Waals surface area contributed by atoms with Gasteiger partial charge in [0.25, 0.3) is 0 Å². The topological polar surface area (TPSA) is 33.2 Å². The van der Waals surface area contributed by atoms with Crippen molar-refractivity contribution in [2.45, 2.75) is 26.7 Å². The number of aldehydes is 1. The number of unbranched alkanes of at least 4 members (excludes halogenated alkanes) is 1. The van der Waals surface area contributed by atoms with E-state index in [0.717, 1.165) is 37.0 Å². The van der Waals surface area contributed by atoms with Crippen LogP contribution in [-0.2, 0) is 4.79 Å². The van der Waals surface area contributed by atoms with Crippen LogP contribution in [0.5, 0.6) is 0 Å². The van der Waals surface area contributed by atoms with Gasteiger partial charge in [-0.05, 0) is 32.4 Å². The number of pyridine rings is 1. The van der Waals surface area contributed by atoms with Gasteiger partial charge in [0, 0.05) is 36.3 Å². The van der Waals surface area contributed by atoms with Crippen LogP contribution >= 0.6 is 0 Å². The molecule has 0 aliphatic rings. The summed E-state index contributed by atoms with van der Waals surface area (Å²) >= 11 is 0. The molecule has 0 aliphatic heterocycles. The number of aromatic nitrogens is 1. The second-order valence-electron chi connectivity index (χ2n) is 4.69. The number of hydrogen-bond donors (Lipinski definition) is 0. The Bertz CT molecular complexity index is 566. The minimum Gasteiger partial charge on any atom is -0.371 e. The summed E-state index contributed by atoms with van der Waals surface area (Å²) in [5.41, 5.74) is 3.28. The van der Waals surface area contributed by atoms with Crippen LogP contribution in [0.25, 0.3) is 10.9 Å². The smallest absolute Gasteiger partial charge is 0.120 e. The molecule has 1 aromatic heterocycles. The Morgan fingerprint density at radius 2 is 2.11 bits per heavy atom. The van der Waals surface area contributed by atoms with E-state index in [1.165, 1.54) is 11.1 Å². The lowest BCUT2D eigenvalue weighted by Gasteiger charge is -2.24. The quantitative estimate of drug-likeness (QED) is 0.587. The van der Waals surface area contributed by atoms with Crippen LogP contribution in [0.15, 0.2) is 30.3 Å².